The predicted octanol–water partition coefficient (Wildman–Crippen LogP) is 2.62. The van der Waals surface area contributed by atoms with Crippen LogP contribution < -0.4 is 0 Å². The Morgan fingerprint density at radius 2 is 2.15 bits per heavy atom. The topological polar surface area (TPSA) is 30.0 Å². The summed E-state index contributed by atoms with van der Waals surface area (Å²) < 4.78 is 0. The van der Waals surface area contributed by atoms with Gasteiger partial charge in [0.05, 0.1) is 5.01 Å². The normalized spacial score (nSPS) is 28.6. The van der Waals surface area contributed by atoms with Crippen molar-refractivity contribution in [3.8, 4) is 0 Å². The molecule has 2 nitrogen and oxygen atoms in total. The zero-order chi connectivity index (χ0) is 9.10. The van der Waals surface area contributed by atoms with E-state index in [1.165, 1.54) is 5.01 Å². The molecule has 0 N–H and O–H groups in total. The molecular weight excluding hydrogens is 182 g/mol. The fourth-order valence-corrected chi connectivity index (χ4v) is 2.75. The second-order valence-electron chi connectivity index (χ2n) is 3.62. The fourth-order valence-electron chi connectivity index (χ4n) is 1.94. The Morgan fingerprint density at radius 3 is 2.69 bits per heavy atom. The van der Waals surface area contributed by atoms with Crippen LogP contribution in [0.25, 0.3) is 0 Å². The van der Waals surface area contributed by atoms with E-state index in [9.17, 15) is 4.79 Å². The number of aromatic nitrogens is 1. The van der Waals surface area contributed by atoms with Gasteiger partial charge in [-0.1, -0.05) is 0 Å². The zero-order valence-corrected chi connectivity index (χ0v) is 8.30. The smallest absolute Gasteiger partial charge is 0.123 e. The summed E-state index contributed by atoms with van der Waals surface area (Å²) in [7, 11) is 0. The second kappa shape index (κ2) is 4.01. The summed E-state index contributed by atoms with van der Waals surface area (Å²) in [6.45, 7) is 0. The highest BCUT2D eigenvalue weighted by molar-refractivity contribution is 7.09. The average Bonchev–Trinajstić information content (AvgIpc) is 2.71. The van der Waals surface area contributed by atoms with Gasteiger partial charge in [-0.25, -0.2) is 4.98 Å². The molecule has 1 heterocycles. The SMILES string of the molecule is O=CC1CCC(c2nccs2)CC1. The third-order valence-corrected chi connectivity index (χ3v) is 3.70. The van der Waals surface area contributed by atoms with E-state index < -0.39 is 0 Å². The van der Waals surface area contributed by atoms with E-state index in [0.717, 1.165) is 32.0 Å². The number of aldehydes is 1. The van der Waals surface area contributed by atoms with Crippen molar-refractivity contribution < 1.29 is 4.79 Å². The Balaban J connectivity index is 1.95. The molecule has 0 unspecified atom stereocenters. The van der Waals surface area contributed by atoms with Crippen molar-refractivity contribution in [2.24, 2.45) is 5.92 Å². The van der Waals surface area contributed by atoms with Gasteiger partial charge in [-0.3, -0.25) is 0 Å². The molecular formula is C10H13NOS. The van der Waals surface area contributed by atoms with E-state index in [-0.39, 0.29) is 0 Å². The minimum absolute atomic E-state index is 0.316. The van der Waals surface area contributed by atoms with Gasteiger partial charge in [-0.15, -0.1) is 11.3 Å². The molecule has 0 spiro atoms. The Bertz CT molecular complexity index is 262. The number of carbonyl (C=O) groups is 1. The minimum Gasteiger partial charge on any atom is -0.303 e. The number of nitrogens with zero attached hydrogens (tertiary/aromatic N) is 1. The van der Waals surface area contributed by atoms with Crippen LogP contribution in [-0.2, 0) is 4.79 Å². The standard InChI is InChI=1S/C10H13NOS/c12-7-8-1-3-9(4-2-8)10-11-5-6-13-10/h5-9H,1-4H2. The van der Waals surface area contributed by atoms with Crippen molar-refractivity contribution in [1.29, 1.82) is 0 Å². The maximum atomic E-state index is 10.5. The molecule has 0 amide bonds. The van der Waals surface area contributed by atoms with Gasteiger partial charge in [0, 0.05) is 23.4 Å². The van der Waals surface area contributed by atoms with Gasteiger partial charge in [0.15, 0.2) is 0 Å². The number of hydrogen-bond acceptors (Lipinski definition) is 3. The summed E-state index contributed by atoms with van der Waals surface area (Å²) in [5.74, 6) is 0.937. The zero-order valence-electron chi connectivity index (χ0n) is 7.48. The number of carbonyl (C=O) groups excluding carboxylic acids is 1. The monoisotopic (exact) mass is 195 g/mol. The van der Waals surface area contributed by atoms with Gasteiger partial charge in [0.1, 0.15) is 6.29 Å². The van der Waals surface area contributed by atoms with Crippen molar-refractivity contribution in [2.45, 2.75) is 31.6 Å². The average molecular weight is 195 g/mol. The molecule has 0 bridgehead atoms. The molecule has 13 heavy (non-hydrogen) atoms. The van der Waals surface area contributed by atoms with Crippen molar-refractivity contribution in [2.75, 3.05) is 0 Å². The quantitative estimate of drug-likeness (QED) is 0.679. The molecule has 1 aliphatic carbocycles. The summed E-state index contributed by atoms with van der Waals surface area (Å²) in [5, 5.41) is 3.28. The van der Waals surface area contributed by atoms with Gasteiger partial charge in [0.25, 0.3) is 0 Å². The van der Waals surface area contributed by atoms with Gasteiger partial charge < -0.3 is 4.79 Å². The molecule has 1 aromatic rings. The summed E-state index contributed by atoms with van der Waals surface area (Å²) in [5.41, 5.74) is 0. The van der Waals surface area contributed by atoms with E-state index in [2.05, 4.69) is 4.98 Å². The maximum absolute atomic E-state index is 10.5. The Kier molecular flexibility index (Phi) is 2.74. The molecule has 2 rings (SSSR count). The first-order valence-corrected chi connectivity index (χ1v) is 5.63. The predicted molar refractivity (Wildman–Crippen MR) is 52.9 cm³/mol. The van der Waals surface area contributed by atoms with Crippen LogP contribution in [0.4, 0.5) is 0 Å². The van der Waals surface area contributed by atoms with Crippen molar-refractivity contribution in [3.05, 3.63) is 16.6 Å². The van der Waals surface area contributed by atoms with Gasteiger partial charge in [-0.05, 0) is 25.7 Å². The second-order valence-corrected chi connectivity index (χ2v) is 4.54. The van der Waals surface area contributed by atoms with Gasteiger partial charge in [0.2, 0.25) is 0 Å². The van der Waals surface area contributed by atoms with Gasteiger partial charge in [-0.2, -0.15) is 0 Å². The lowest BCUT2D eigenvalue weighted by Crippen LogP contribution is -2.13. The van der Waals surface area contributed by atoms with E-state index >= 15 is 0 Å². The van der Waals surface area contributed by atoms with Crippen molar-refractivity contribution in [1.82, 2.24) is 4.98 Å². The van der Waals surface area contributed by atoms with Gasteiger partial charge >= 0.3 is 0 Å². The lowest BCUT2D eigenvalue weighted by atomic mass is 9.83. The maximum Gasteiger partial charge on any atom is 0.123 e. The van der Waals surface area contributed by atoms with Crippen LogP contribution in [0.15, 0.2) is 11.6 Å². The van der Waals surface area contributed by atoms with Crippen LogP contribution in [-0.4, -0.2) is 11.3 Å². The Hall–Kier alpha value is -0.700. The first kappa shape index (κ1) is 8.88. The lowest BCUT2D eigenvalue weighted by Gasteiger charge is -2.23. The number of rotatable bonds is 2. The third-order valence-electron chi connectivity index (χ3n) is 2.76. The largest absolute Gasteiger partial charge is 0.303 e. The Labute approximate surface area is 82.0 Å². The minimum atomic E-state index is 0.316. The fraction of sp³-hybridized carbons (Fsp3) is 0.600. The first-order chi connectivity index (χ1) is 6.40. The van der Waals surface area contributed by atoms with Crippen LogP contribution >= 0.6 is 11.3 Å². The molecule has 70 valence electrons. The van der Waals surface area contributed by atoms with Crippen molar-refractivity contribution in [3.63, 3.8) is 0 Å². The van der Waals surface area contributed by atoms with Crippen LogP contribution in [0, 0.1) is 5.92 Å². The molecule has 1 aliphatic rings. The molecule has 0 aliphatic heterocycles. The van der Waals surface area contributed by atoms with E-state index in [1.54, 1.807) is 11.3 Å². The van der Waals surface area contributed by atoms with Crippen LogP contribution in [0.1, 0.15) is 36.6 Å². The van der Waals surface area contributed by atoms with Crippen molar-refractivity contribution >= 4 is 17.6 Å². The summed E-state index contributed by atoms with van der Waals surface area (Å²) in [4.78, 5) is 14.9. The molecule has 1 fully saturated rings. The first-order valence-electron chi connectivity index (χ1n) is 4.75. The van der Waals surface area contributed by atoms with Crippen LogP contribution in [0.5, 0.6) is 0 Å². The Morgan fingerprint density at radius 1 is 1.38 bits per heavy atom. The molecule has 0 saturated heterocycles. The molecule has 1 saturated carbocycles. The highest BCUT2D eigenvalue weighted by Gasteiger charge is 2.23. The number of thiazole rings is 1. The lowest BCUT2D eigenvalue weighted by molar-refractivity contribution is -0.111. The van der Waals surface area contributed by atoms with E-state index in [4.69, 9.17) is 0 Å². The van der Waals surface area contributed by atoms with E-state index in [1.807, 2.05) is 11.6 Å². The highest BCUT2D eigenvalue weighted by atomic mass is 32.1. The molecule has 1 aromatic heterocycles. The summed E-state index contributed by atoms with van der Waals surface area (Å²) in [6.07, 6.45) is 7.35. The molecule has 3 heteroatoms. The van der Waals surface area contributed by atoms with Crippen LogP contribution in [0.3, 0.4) is 0 Å². The molecule has 0 aromatic carbocycles. The third kappa shape index (κ3) is 1.97. The molecule has 0 radical (unpaired) electrons. The van der Waals surface area contributed by atoms with E-state index in [0.29, 0.717) is 11.8 Å². The van der Waals surface area contributed by atoms with Crippen LogP contribution in [0.2, 0.25) is 0 Å². The highest BCUT2D eigenvalue weighted by Crippen LogP contribution is 2.35. The number of hydrogen-bond donors (Lipinski definition) is 0. The summed E-state index contributed by atoms with van der Waals surface area (Å²) >= 11 is 1.74. The summed E-state index contributed by atoms with van der Waals surface area (Å²) in [6, 6.07) is 0. The molecule has 0 atom stereocenters.